The molecular weight excluding hydrogens is 757 g/mol. The molecule has 2 aromatic carbocycles. The number of hydrogen-bond donors (Lipinski definition) is 6. The molecule has 15 nitrogen and oxygen atoms in total. The first kappa shape index (κ1) is 44.1. The fourth-order valence-corrected chi connectivity index (χ4v) is 8.00. The van der Waals surface area contributed by atoms with Gasteiger partial charge in [-0.3, -0.25) is 19.4 Å². The molecule has 4 amide bonds. The summed E-state index contributed by atoms with van der Waals surface area (Å²) in [5.41, 5.74) is 7.73. The van der Waals surface area contributed by atoms with E-state index in [1.807, 2.05) is 63.2 Å². The van der Waals surface area contributed by atoms with Crippen molar-refractivity contribution in [2.45, 2.75) is 89.6 Å². The summed E-state index contributed by atoms with van der Waals surface area (Å²) in [5, 5.41) is 21.9. The number of nitrogens with zero attached hydrogens (tertiary/aromatic N) is 3. The second kappa shape index (κ2) is 22.2. The van der Waals surface area contributed by atoms with Gasteiger partial charge in [-0.25, -0.2) is 14.6 Å². The Labute approximate surface area is 336 Å². The number of ether oxygens (including phenoxy) is 1. The summed E-state index contributed by atoms with van der Waals surface area (Å²) in [7, 11) is 3.92. The highest BCUT2D eigenvalue weighted by Gasteiger charge is 2.31. The summed E-state index contributed by atoms with van der Waals surface area (Å²) in [6.07, 6.45) is 2.83. The van der Waals surface area contributed by atoms with E-state index >= 15 is 0 Å². The van der Waals surface area contributed by atoms with Crippen LogP contribution in [-0.2, 0) is 30.5 Å². The Morgan fingerprint density at radius 1 is 0.911 bits per heavy atom. The fourth-order valence-electron chi connectivity index (χ4n) is 5.90. The van der Waals surface area contributed by atoms with Crippen molar-refractivity contribution in [3.8, 4) is 0 Å². The fraction of sp³-hybridized carbons (Fsp3) is 0.513. The zero-order chi connectivity index (χ0) is 40.6. The van der Waals surface area contributed by atoms with Crippen molar-refractivity contribution in [1.29, 1.82) is 0 Å². The van der Waals surface area contributed by atoms with Crippen LogP contribution in [0.25, 0.3) is 10.2 Å². The van der Waals surface area contributed by atoms with E-state index in [0.29, 0.717) is 72.1 Å². The van der Waals surface area contributed by atoms with Crippen LogP contribution in [0, 0.1) is 5.92 Å². The average molecular weight is 811 g/mol. The van der Waals surface area contributed by atoms with E-state index in [9.17, 15) is 29.1 Å². The first-order valence-electron chi connectivity index (χ1n) is 18.9. The summed E-state index contributed by atoms with van der Waals surface area (Å²) >= 11 is 2.70. The molecule has 56 heavy (non-hydrogen) atoms. The first-order chi connectivity index (χ1) is 26.8. The molecule has 0 fully saturated rings. The quantitative estimate of drug-likeness (QED) is 0.0784. The highest BCUT2D eigenvalue weighted by molar-refractivity contribution is 8.15. The van der Waals surface area contributed by atoms with E-state index in [1.54, 1.807) is 18.2 Å². The minimum absolute atomic E-state index is 0.0379. The van der Waals surface area contributed by atoms with Crippen LogP contribution in [0.5, 0.6) is 0 Å². The van der Waals surface area contributed by atoms with Crippen LogP contribution in [0.3, 0.4) is 0 Å². The van der Waals surface area contributed by atoms with Gasteiger partial charge in [0.15, 0.2) is 6.04 Å². The Bertz CT molecular complexity index is 1820. The number of carbonyl (C=O) groups is 5. The number of hydrogen-bond acceptors (Lipinski definition) is 12. The van der Waals surface area contributed by atoms with Gasteiger partial charge >= 0.3 is 12.1 Å². The molecule has 4 atom stereocenters. The second-order valence-electron chi connectivity index (χ2n) is 14.4. The molecule has 0 radical (unpaired) electrons. The summed E-state index contributed by atoms with van der Waals surface area (Å²) in [4.78, 5) is 76.6. The normalized spacial score (nSPS) is 15.6. The molecule has 1 aliphatic heterocycles. The molecule has 304 valence electrons. The van der Waals surface area contributed by atoms with E-state index in [4.69, 9.17) is 10.5 Å². The van der Waals surface area contributed by atoms with E-state index in [0.717, 1.165) is 23.2 Å². The van der Waals surface area contributed by atoms with Crippen molar-refractivity contribution in [2.75, 3.05) is 38.3 Å². The molecule has 7 N–H and O–H groups in total. The first-order valence-corrected chi connectivity index (χ1v) is 20.7. The van der Waals surface area contributed by atoms with Gasteiger partial charge in [-0.05, 0) is 102 Å². The predicted octanol–water partition coefficient (Wildman–Crippen LogP) is 4.35. The molecule has 0 saturated carbocycles. The molecule has 17 heteroatoms. The van der Waals surface area contributed by atoms with Gasteiger partial charge in [0.05, 0.1) is 10.2 Å². The maximum Gasteiger partial charge on any atom is 0.408 e. The zero-order valence-electron chi connectivity index (χ0n) is 32.4. The van der Waals surface area contributed by atoms with Gasteiger partial charge in [0.25, 0.3) is 0 Å². The van der Waals surface area contributed by atoms with Gasteiger partial charge in [-0.1, -0.05) is 44.2 Å². The van der Waals surface area contributed by atoms with Crippen LogP contribution >= 0.6 is 23.1 Å². The maximum atomic E-state index is 14.0. The van der Waals surface area contributed by atoms with Crippen molar-refractivity contribution in [2.24, 2.45) is 16.6 Å². The van der Waals surface area contributed by atoms with Crippen molar-refractivity contribution in [3.05, 3.63) is 59.1 Å². The number of amides is 4. The van der Waals surface area contributed by atoms with Crippen molar-refractivity contribution >= 4 is 73.8 Å². The maximum absolute atomic E-state index is 14.0. The lowest BCUT2D eigenvalue weighted by Gasteiger charge is -2.26. The SMILES string of the molecule is CC(C)C[C@H](NC(=O)OCc1ccccc1)C(=O)N[C@@H](CCCCN(C)C)C(=O)N[C@@H](CCCCN)C(=O)Nc1ccc2nc(C3=N[C@@H](C(=O)O)CS3)sc2c1. The van der Waals surface area contributed by atoms with Gasteiger partial charge in [-0.15, -0.1) is 23.1 Å². The van der Waals surface area contributed by atoms with Crippen LogP contribution in [-0.4, -0.2) is 107 Å². The number of nitrogens with one attached hydrogen (secondary N) is 4. The number of unbranched alkanes of at least 4 members (excludes halogenated alkanes) is 2. The van der Waals surface area contributed by atoms with Crippen molar-refractivity contribution in [3.63, 3.8) is 0 Å². The van der Waals surface area contributed by atoms with E-state index < -0.39 is 54.0 Å². The molecule has 0 unspecified atom stereocenters. The summed E-state index contributed by atoms with van der Waals surface area (Å²) in [6.45, 7) is 5.11. The Kier molecular flexibility index (Phi) is 17.5. The molecule has 1 aromatic heterocycles. The van der Waals surface area contributed by atoms with E-state index in [2.05, 4.69) is 31.2 Å². The lowest BCUT2D eigenvalue weighted by molar-refractivity contribution is -0.137. The number of thioether (sulfide) groups is 1. The van der Waals surface area contributed by atoms with E-state index in [-0.39, 0.29) is 12.5 Å². The molecule has 2 heterocycles. The number of benzene rings is 2. The number of carboxylic acids is 1. The lowest BCUT2D eigenvalue weighted by atomic mass is 10.0. The van der Waals surface area contributed by atoms with Crippen LogP contribution in [0.4, 0.5) is 10.5 Å². The third kappa shape index (κ3) is 14.2. The topological polar surface area (TPSA) is 217 Å². The minimum Gasteiger partial charge on any atom is -0.480 e. The number of aliphatic imine (C=N–C) groups is 1. The molecule has 4 rings (SSSR count). The standard InChI is InChI=1S/C39H54N8O7S2/c1-24(2)20-30(46-39(53)54-22-25-12-6-5-7-13-25)35(50)43-29(15-9-11-19-47(3)4)34(49)42-28(14-8-10-18-40)33(48)41-26-16-17-27-32(21-26)56-37(44-27)36-45-31(23-55-36)38(51)52/h5-7,12-13,16-17,21,24,28-31H,8-11,14-15,18-20,22-23,40H2,1-4H3,(H,41,48)(H,42,49)(H,43,50)(H,46,53)(H,51,52)/t28-,29-,30-,31+/m0/s1. The number of alkyl carbamates (subject to hydrolysis) is 1. The number of carbonyl (C=O) groups excluding carboxylic acids is 4. The number of fused-ring (bicyclic) bond motifs is 1. The third-order valence-corrected chi connectivity index (χ3v) is 11.1. The molecule has 0 bridgehead atoms. The third-order valence-electron chi connectivity index (χ3n) is 8.86. The van der Waals surface area contributed by atoms with Crippen LogP contribution in [0.1, 0.15) is 69.4 Å². The minimum atomic E-state index is -0.978. The summed E-state index contributed by atoms with van der Waals surface area (Å²) in [6, 6.07) is 10.8. The Hall–Kier alpha value is -4.58. The van der Waals surface area contributed by atoms with Gasteiger partial charge in [-0.2, -0.15) is 0 Å². The van der Waals surface area contributed by atoms with E-state index in [1.165, 1.54) is 23.1 Å². The molecule has 1 aliphatic rings. The van der Waals surface area contributed by atoms with Gasteiger partial charge in [0.1, 0.15) is 34.8 Å². The molecule has 3 aromatic rings. The average Bonchev–Trinajstić information content (AvgIpc) is 3.83. The number of thiazole rings is 1. The summed E-state index contributed by atoms with van der Waals surface area (Å²) in [5.74, 6) is -2.06. The van der Waals surface area contributed by atoms with Crippen LogP contribution < -0.4 is 27.0 Å². The number of rotatable bonds is 22. The second-order valence-corrected chi connectivity index (χ2v) is 16.4. The largest absolute Gasteiger partial charge is 0.480 e. The highest BCUT2D eigenvalue weighted by Crippen LogP contribution is 2.31. The van der Waals surface area contributed by atoms with Crippen molar-refractivity contribution in [1.82, 2.24) is 25.8 Å². The van der Waals surface area contributed by atoms with Crippen LogP contribution in [0.15, 0.2) is 53.5 Å². The molecule has 0 aliphatic carbocycles. The monoisotopic (exact) mass is 810 g/mol. The zero-order valence-corrected chi connectivity index (χ0v) is 34.0. The number of aliphatic carboxylic acids is 1. The number of aromatic nitrogens is 1. The summed E-state index contributed by atoms with van der Waals surface area (Å²) < 4.78 is 6.16. The Morgan fingerprint density at radius 2 is 1.59 bits per heavy atom. The molecular formula is C39H54N8O7S2. The number of nitrogens with two attached hydrogens (primary N) is 1. The predicted molar refractivity (Wildman–Crippen MR) is 221 cm³/mol. The molecule has 0 spiro atoms. The highest BCUT2D eigenvalue weighted by atomic mass is 32.2. The number of anilines is 1. The molecule has 0 saturated heterocycles. The smallest absolute Gasteiger partial charge is 0.408 e. The van der Waals surface area contributed by atoms with Gasteiger partial charge in [0.2, 0.25) is 17.7 Å². The Morgan fingerprint density at radius 3 is 2.23 bits per heavy atom. The van der Waals surface area contributed by atoms with Crippen molar-refractivity contribution < 1.29 is 33.8 Å². The Balaban J connectivity index is 1.47. The number of carboxylic acid groups (broad SMARTS) is 1. The van der Waals surface area contributed by atoms with Gasteiger partial charge < -0.3 is 41.7 Å². The lowest BCUT2D eigenvalue weighted by Crippen LogP contribution is -2.56. The van der Waals surface area contributed by atoms with Crippen LogP contribution in [0.2, 0.25) is 0 Å². The van der Waals surface area contributed by atoms with Gasteiger partial charge in [0, 0.05) is 11.4 Å².